The number of rotatable bonds is 0. The summed E-state index contributed by atoms with van der Waals surface area (Å²) in [5, 5.41) is 9.15. The van der Waals surface area contributed by atoms with Gasteiger partial charge in [0, 0.05) is 10.8 Å². The van der Waals surface area contributed by atoms with Crippen molar-refractivity contribution < 1.29 is 0 Å². The van der Waals surface area contributed by atoms with Crippen LogP contribution in [0, 0.1) is 5.41 Å². The molecule has 0 radical (unpaired) electrons. The van der Waals surface area contributed by atoms with E-state index in [0.29, 0.717) is 0 Å². The standard InChI is InChI=1S/C7H4O.CHNS/c8-7-5-3-1-2-4-6(5)7;2-1-3/h1-4H;2H. The van der Waals surface area contributed by atoms with Crippen molar-refractivity contribution in [1.29, 1.82) is 5.41 Å². The van der Waals surface area contributed by atoms with Crippen LogP contribution in [0.5, 0.6) is 0 Å². The van der Waals surface area contributed by atoms with E-state index in [9.17, 15) is 4.79 Å². The molecule has 0 bridgehead atoms. The molecule has 2 rings (SSSR count). The van der Waals surface area contributed by atoms with Crippen LogP contribution in [0.15, 0.2) is 29.1 Å². The zero-order chi connectivity index (χ0) is 8.27. The Morgan fingerprint density at radius 2 is 1.64 bits per heavy atom. The van der Waals surface area contributed by atoms with Crippen molar-refractivity contribution in [3.63, 3.8) is 0 Å². The molecule has 0 spiro atoms. The van der Waals surface area contributed by atoms with Gasteiger partial charge in [-0.2, -0.15) is 0 Å². The van der Waals surface area contributed by atoms with Gasteiger partial charge in [-0.3, -0.25) is 4.79 Å². The van der Waals surface area contributed by atoms with Gasteiger partial charge in [0.1, 0.15) is 0 Å². The largest absolute Gasteiger partial charge is 0.289 e. The van der Waals surface area contributed by atoms with E-state index in [0.717, 1.165) is 10.8 Å². The monoisotopic (exact) mass is 163 g/mol. The SMILES string of the molecule is N=C=S.O=c1c2ccccc12. The van der Waals surface area contributed by atoms with Crippen molar-refractivity contribution in [1.82, 2.24) is 0 Å². The molecule has 0 saturated heterocycles. The molecule has 0 heterocycles. The quantitative estimate of drug-likeness (QED) is 0.474. The molecule has 0 aliphatic heterocycles. The van der Waals surface area contributed by atoms with Crippen LogP contribution in [0.4, 0.5) is 0 Å². The van der Waals surface area contributed by atoms with Crippen molar-refractivity contribution in [2.75, 3.05) is 0 Å². The first-order valence-corrected chi connectivity index (χ1v) is 3.39. The molecule has 0 fully saturated rings. The van der Waals surface area contributed by atoms with Crippen molar-refractivity contribution in [3.05, 3.63) is 34.5 Å². The van der Waals surface area contributed by atoms with E-state index in [2.05, 4.69) is 12.2 Å². The highest BCUT2D eigenvalue weighted by Crippen LogP contribution is 2.11. The molecule has 0 aliphatic rings. The van der Waals surface area contributed by atoms with Crippen LogP contribution in [0.1, 0.15) is 0 Å². The highest BCUT2D eigenvalue weighted by Gasteiger charge is 2.07. The fourth-order valence-corrected chi connectivity index (χ4v) is 0.833. The molecule has 0 amide bonds. The predicted molar refractivity (Wildman–Crippen MR) is 47.9 cm³/mol. The summed E-state index contributed by atoms with van der Waals surface area (Å²) in [6.07, 6.45) is 0. The molecule has 0 aromatic heterocycles. The van der Waals surface area contributed by atoms with Crippen LogP contribution in [-0.4, -0.2) is 5.16 Å². The summed E-state index contributed by atoms with van der Waals surface area (Å²) in [4.78, 5) is 10.5. The van der Waals surface area contributed by atoms with Crippen LogP contribution in [0.3, 0.4) is 0 Å². The molecular formula is C8H5NOS. The Hall–Kier alpha value is -1.31. The molecule has 2 nitrogen and oxygen atoms in total. The van der Waals surface area contributed by atoms with E-state index in [4.69, 9.17) is 5.41 Å². The third-order valence-corrected chi connectivity index (χ3v) is 1.35. The maximum absolute atomic E-state index is 10.5. The third kappa shape index (κ3) is 1.58. The van der Waals surface area contributed by atoms with Crippen molar-refractivity contribution in [2.24, 2.45) is 0 Å². The van der Waals surface area contributed by atoms with Crippen molar-refractivity contribution >= 4 is 28.2 Å². The first-order valence-electron chi connectivity index (χ1n) is 2.99. The van der Waals surface area contributed by atoms with Gasteiger partial charge in [0.15, 0.2) is 5.43 Å². The minimum absolute atomic E-state index is 0.218. The van der Waals surface area contributed by atoms with Gasteiger partial charge in [0.2, 0.25) is 0 Å². The molecule has 2 aromatic rings. The lowest BCUT2D eigenvalue weighted by atomic mass is 10.4. The smallest absolute Gasteiger partial charge is 0.194 e. The number of thiocarbonyl (C=S) groups is 1. The Bertz CT molecular complexity index is 375. The van der Waals surface area contributed by atoms with E-state index in [-0.39, 0.29) is 5.43 Å². The van der Waals surface area contributed by atoms with Gasteiger partial charge in [-0.05, 0) is 12.2 Å². The lowest BCUT2D eigenvalue weighted by molar-refractivity contribution is 1.61. The molecule has 2 aromatic carbocycles. The maximum Gasteiger partial charge on any atom is 0.194 e. The fraction of sp³-hybridized carbons (Fsp3) is 0. The van der Waals surface area contributed by atoms with Crippen LogP contribution in [0.2, 0.25) is 0 Å². The predicted octanol–water partition coefficient (Wildman–Crippen LogP) is 1.74. The second-order valence-corrected chi connectivity index (χ2v) is 2.18. The third-order valence-electron chi connectivity index (χ3n) is 1.35. The highest BCUT2D eigenvalue weighted by atomic mass is 32.1. The molecule has 0 unspecified atom stereocenters. The minimum Gasteiger partial charge on any atom is -0.289 e. The number of hydrogen-bond donors (Lipinski definition) is 1. The fourth-order valence-electron chi connectivity index (χ4n) is 0.833. The number of isothiocyanates is 1. The van der Waals surface area contributed by atoms with Crippen molar-refractivity contribution in [2.45, 2.75) is 0 Å². The van der Waals surface area contributed by atoms with E-state index in [1.807, 2.05) is 24.3 Å². The Kier molecular flexibility index (Phi) is 2.26. The summed E-state index contributed by atoms with van der Waals surface area (Å²) < 4.78 is 0. The van der Waals surface area contributed by atoms with Gasteiger partial charge >= 0.3 is 0 Å². The van der Waals surface area contributed by atoms with E-state index in [1.165, 1.54) is 0 Å². The lowest BCUT2D eigenvalue weighted by Gasteiger charge is -1.66. The Balaban J connectivity index is 0.000000179. The summed E-state index contributed by atoms with van der Waals surface area (Å²) in [6, 6.07) is 7.45. The molecule has 1 N–H and O–H groups in total. The minimum atomic E-state index is 0.218. The topological polar surface area (TPSA) is 40.9 Å². The molecular weight excluding hydrogens is 158 g/mol. The van der Waals surface area contributed by atoms with Crippen LogP contribution >= 0.6 is 12.2 Å². The normalized spacial score (nSPS) is 8.73. The van der Waals surface area contributed by atoms with E-state index >= 15 is 0 Å². The van der Waals surface area contributed by atoms with Gasteiger partial charge in [0.05, 0.1) is 5.16 Å². The second-order valence-electron chi connectivity index (χ2n) is 1.98. The van der Waals surface area contributed by atoms with Crippen LogP contribution in [-0.2, 0) is 0 Å². The van der Waals surface area contributed by atoms with Gasteiger partial charge in [-0.25, -0.2) is 5.41 Å². The first-order chi connectivity index (χ1) is 5.31. The van der Waals surface area contributed by atoms with Gasteiger partial charge in [0.25, 0.3) is 0 Å². The molecule has 3 heteroatoms. The van der Waals surface area contributed by atoms with Crippen LogP contribution in [0.25, 0.3) is 10.8 Å². The van der Waals surface area contributed by atoms with Gasteiger partial charge < -0.3 is 0 Å². The molecule has 0 atom stereocenters. The van der Waals surface area contributed by atoms with E-state index < -0.39 is 0 Å². The van der Waals surface area contributed by atoms with Gasteiger partial charge in [-0.1, -0.05) is 24.3 Å². The molecule has 54 valence electrons. The number of fused-ring (bicyclic) bond motifs is 1. The Morgan fingerprint density at radius 1 is 1.27 bits per heavy atom. The number of hydrogen-bond acceptors (Lipinski definition) is 3. The first kappa shape index (κ1) is 7.79. The number of benzene rings is 1. The average Bonchev–Trinajstić information content (AvgIpc) is 2.66. The summed E-state index contributed by atoms with van der Waals surface area (Å²) in [6.45, 7) is 0. The second kappa shape index (κ2) is 3.19. The Morgan fingerprint density at radius 3 is 1.91 bits per heavy atom. The maximum atomic E-state index is 10.5. The van der Waals surface area contributed by atoms with E-state index in [1.54, 1.807) is 5.16 Å². The summed E-state index contributed by atoms with van der Waals surface area (Å²) >= 11 is 3.81. The molecule has 0 saturated carbocycles. The lowest BCUT2D eigenvalue weighted by Crippen LogP contribution is -1.66. The highest BCUT2D eigenvalue weighted by molar-refractivity contribution is 7.78. The number of nitrogens with one attached hydrogen (secondary N) is 1. The van der Waals surface area contributed by atoms with Crippen LogP contribution < -0.4 is 5.43 Å². The zero-order valence-corrected chi connectivity index (χ0v) is 6.44. The van der Waals surface area contributed by atoms with Crippen molar-refractivity contribution in [3.8, 4) is 0 Å². The summed E-state index contributed by atoms with van der Waals surface area (Å²) in [5.41, 5.74) is 0.218. The molecule has 11 heavy (non-hydrogen) atoms. The Labute approximate surface area is 68.7 Å². The summed E-state index contributed by atoms with van der Waals surface area (Å²) in [7, 11) is 0. The zero-order valence-electron chi connectivity index (χ0n) is 5.63. The molecule has 0 aliphatic carbocycles. The van der Waals surface area contributed by atoms with Gasteiger partial charge in [-0.15, -0.1) is 0 Å². The summed E-state index contributed by atoms with van der Waals surface area (Å²) in [5.74, 6) is 0. The average molecular weight is 163 g/mol.